The van der Waals surface area contributed by atoms with Gasteiger partial charge in [0, 0.05) is 32.7 Å². The maximum atomic E-state index is 13.8. The number of anilines is 2. The van der Waals surface area contributed by atoms with Crippen LogP contribution in [-0.2, 0) is 0 Å². The third-order valence-electron chi connectivity index (χ3n) is 4.13. The Morgan fingerprint density at radius 2 is 1.92 bits per heavy atom. The average molecular weight is 350 g/mol. The van der Waals surface area contributed by atoms with E-state index in [4.69, 9.17) is 11.6 Å². The van der Waals surface area contributed by atoms with E-state index in [-0.39, 0.29) is 5.82 Å². The van der Waals surface area contributed by atoms with Crippen LogP contribution < -0.4 is 10.2 Å². The van der Waals surface area contributed by atoms with E-state index in [1.807, 2.05) is 12.1 Å². The molecule has 7 heteroatoms. The van der Waals surface area contributed by atoms with Crippen LogP contribution in [-0.4, -0.2) is 54.1 Å². The van der Waals surface area contributed by atoms with Crippen molar-refractivity contribution in [1.82, 2.24) is 14.9 Å². The SMILES string of the molecule is Fc1ccccc1N1CCN(CCCNc2cncc(Cl)n2)CC1. The summed E-state index contributed by atoms with van der Waals surface area (Å²) in [4.78, 5) is 12.7. The highest BCUT2D eigenvalue weighted by Gasteiger charge is 2.18. The summed E-state index contributed by atoms with van der Waals surface area (Å²) < 4.78 is 13.8. The molecule has 1 fully saturated rings. The van der Waals surface area contributed by atoms with E-state index in [0.29, 0.717) is 16.7 Å². The Hall–Kier alpha value is -1.92. The lowest BCUT2D eigenvalue weighted by Gasteiger charge is -2.36. The smallest absolute Gasteiger partial charge is 0.149 e. The molecule has 1 aliphatic heterocycles. The molecule has 0 saturated carbocycles. The summed E-state index contributed by atoms with van der Waals surface area (Å²) in [6.45, 7) is 5.44. The summed E-state index contributed by atoms with van der Waals surface area (Å²) in [6.07, 6.45) is 4.19. The third kappa shape index (κ3) is 4.55. The number of halogens is 2. The van der Waals surface area contributed by atoms with Crippen molar-refractivity contribution in [2.45, 2.75) is 6.42 Å². The van der Waals surface area contributed by atoms with Crippen LogP contribution >= 0.6 is 11.6 Å². The monoisotopic (exact) mass is 349 g/mol. The second kappa shape index (κ2) is 8.26. The van der Waals surface area contributed by atoms with E-state index in [2.05, 4.69) is 25.1 Å². The number of hydrogen-bond donors (Lipinski definition) is 1. The van der Waals surface area contributed by atoms with Gasteiger partial charge in [-0.1, -0.05) is 23.7 Å². The largest absolute Gasteiger partial charge is 0.369 e. The Morgan fingerprint density at radius 1 is 1.12 bits per heavy atom. The lowest BCUT2D eigenvalue weighted by Crippen LogP contribution is -2.47. The normalized spacial score (nSPS) is 15.5. The zero-order valence-corrected chi connectivity index (χ0v) is 14.2. The van der Waals surface area contributed by atoms with Gasteiger partial charge in [0.05, 0.1) is 18.1 Å². The van der Waals surface area contributed by atoms with E-state index in [1.165, 1.54) is 12.3 Å². The van der Waals surface area contributed by atoms with E-state index in [1.54, 1.807) is 12.3 Å². The molecule has 0 unspecified atom stereocenters. The van der Waals surface area contributed by atoms with Crippen LogP contribution in [0.15, 0.2) is 36.7 Å². The maximum Gasteiger partial charge on any atom is 0.149 e. The van der Waals surface area contributed by atoms with Crippen LogP contribution in [0, 0.1) is 5.82 Å². The number of para-hydroxylation sites is 1. The minimum absolute atomic E-state index is 0.141. The number of piperazine rings is 1. The number of rotatable bonds is 6. The first-order valence-electron chi connectivity index (χ1n) is 8.15. The Bertz CT molecular complexity index is 661. The predicted octanol–water partition coefficient (Wildman–Crippen LogP) is 2.89. The van der Waals surface area contributed by atoms with Crippen molar-refractivity contribution in [2.75, 3.05) is 49.5 Å². The fourth-order valence-electron chi connectivity index (χ4n) is 2.87. The fraction of sp³-hybridized carbons (Fsp3) is 0.412. The molecule has 1 N–H and O–H groups in total. The molecule has 3 rings (SSSR count). The van der Waals surface area contributed by atoms with Gasteiger partial charge in [0.2, 0.25) is 0 Å². The van der Waals surface area contributed by atoms with Gasteiger partial charge in [0.1, 0.15) is 16.8 Å². The third-order valence-corrected chi connectivity index (χ3v) is 4.31. The molecule has 0 radical (unpaired) electrons. The molecule has 1 saturated heterocycles. The molecule has 0 amide bonds. The molecule has 128 valence electrons. The number of hydrogen-bond acceptors (Lipinski definition) is 5. The van der Waals surface area contributed by atoms with Gasteiger partial charge in [-0.3, -0.25) is 9.88 Å². The van der Waals surface area contributed by atoms with Gasteiger partial charge < -0.3 is 10.2 Å². The molecule has 0 aliphatic carbocycles. The Labute approximate surface area is 146 Å². The summed E-state index contributed by atoms with van der Waals surface area (Å²) in [5.74, 6) is 0.560. The first-order chi connectivity index (χ1) is 11.7. The second-order valence-electron chi connectivity index (χ2n) is 5.79. The summed E-state index contributed by atoms with van der Waals surface area (Å²) in [5.41, 5.74) is 0.707. The van der Waals surface area contributed by atoms with Crippen LogP contribution in [0.25, 0.3) is 0 Å². The second-order valence-corrected chi connectivity index (χ2v) is 6.17. The predicted molar refractivity (Wildman–Crippen MR) is 95.2 cm³/mol. The first-order valence-corrected chi connectivity index (χ1v) is 8.53. The van der Waals surface area contributed by atoms with Gasteiger partial charge in [-0.05, 0) is 25.1 Å². The van der Waals surface area contributed by atoms with E-state index in [0.717, 1.165) is 45.7 Å². The van der Waals surface area contributed by atoms with Gasteiger partial charge in [0.25, 0.3) is 0 Å². The Balaban J connectivity index is 1.38. The summed E-state index contributed by atoms with van der Waals surface area (Å²) in [7, 11) is 0. The van der Waals surface area contributed by atoms with Crippen LogP contribution in [0.4, 0.5) is 15.9 Å². The van der Waals surface area contributed by atoms with Crippen LogP contribution in [0.3, 0.4) is 0 Å². The first kappa shape index (κ1) is 16.9. The molecule has 1 aliphatic rings. The molecule has 1 aromatic heterocycles. The lowest BCUT2D eigenvalue weighted by atomic mass is 10.2. The zero-order chi connectivity index (χ0) is 16.8. The minimum atomic E-state index is -0.141. The molecular weight excluding hydrogens is 329 g/mol. The van der Waals surface area contributed by atoms with Crippen LogP contribution in [0.2, 0.25) is 5.15 Å². The van der Waals surface area contributed by atoms with E-state index >= 15 is 0 Å². The molecule has 2 aromatic rings. The molecule has 5 nitrogen and oxygen atoms in total. The standard InChI is InChI=1S/C17H21ClFN5/c18-16-12-20-13-17(22-16)21-6-3-7-23-8-10-24(11-9-23)15-5-2-1-4-14(15)19/h1-2,4-5,12-13H,3,6-11H2,(H,21,22). The molecule has 1 aromatic carbocycles. The van der Waals surface area contributed by atoms with E-state index < -0.39 is 0 Å². The van der Waals surface area contributed by atoms with Gasteiger partial charge in [0.15, 0.2) is 0 Å². The zero-order valence-electron chi connectivity index (χ0n) is 13.5. The van der Waals surface area contributed by atoms with E-state index in [9.17, 15) is 4.39 Å². The maximum absolute atomic E-state index is 13.8. The van der Waals surface area contributed by atoms with Crippen molar-refractivity contribution < 1.29 is 4.39 Å². The highest BCUT2D eigenvalue weighted by Crippen LogP contribution is 2.20. The van der Waals surface area contributed by atoms with Crippen molar-refractivity contribution >= 4 is 23.1 Å². The molecule has 0 spiro atoms. The summed E-state index contributed by atoms with van der Waals surface area (Å²) >= 11 is 5.80. The molecule has 2 heterocycles. The number of aromatic nitrogens is 2. The summed E-state index contributed by atoms with van der Waals surface area (Å²) in [6, 6.07) is 6.98. The number of nitrogens with zero attached hydrogens (tertiary/aromatic N) is 4. The van der Waals surface area contributed by atoms with Crippen LogP contribution in [0.1, 0.15) is 6.42 Å². The number of benzene rings is 1. The molecule has 0 atom stereocenters. The Kier molecular flexibility index (Phi) is 5.82. The molecule has 24 heavy (non-hydrogen) atoms. The highest BCUT2D eigenvalue weighted by molar-refractivity contribution is 6.29. The average Bonchev–Trinajstić information content (AvgIpc) is 2.60. The van der Waals surface area contributed by atoms with Crippen molar-refractivity contribution in [3.05, 3.63) is 47.6 Å². The van der Waals surface area contributed by atoms with Gasteiger partial charge in [-0.25, -0.2) is 9.37 Å². The topological polar surface area (TPSA) is 44.3 Å². The van der Waals surface area contributed by atoms with Gasteiger partial charge in [-0.15, -0.1) is 0 Å². The quantitative estimate of drug-likeness (QED) is 0.812. The van der Waals surface area contributed by atoms with Gasteiger partial charge >= 0.3 is 0 Å². The fourth-order valence-corrected chi connectivity index (χ4v) is 3.01. The molecular formula is C17H21ClFN5. The minimum Gasteiger partial charge on any atom is -0.369 e. The van der Waals surface area contributed by atoms with Gasteiger partial charge in [-0.2, -0.15) is 0 Å². The summed E-state index contributed by atoms with van der Waals surface area (Å²) in [5, 5.41) is 3.62. The van der Waals surface area contributed by atoms with Crippen molar-refractivity contribution in [1.29, 1.82) is 0 Å². The number of nitrogens with one attached hydrogen (secondary N) is 1. The van der Waals surface area contributed by atoms with Crippen molar-refractivity contribution in [3.8, 4) is 0 Å². The Morgan fingerprint density at radius 3 is 2.67 bits per heavy atom. The molecule has 0 bridgehead atoms. The van der Waals surface area contributed by atoms with Crippen molar-refractivity contribution in [3.63, 3.8) is 0 Å². The van der Waals surface area contributed by atoms with Crippen LogP contribution in [0.5, 0.6) is 0 Å². The lowest BCUT2D eigenvalue weighted by molar-refractivity contribution is 0.256. The highest BCUT2D eigenvalue weighted by atomic mass is 35.5. The van der Waals surface area contributed by atoms with Crippen molar-refractivity contribution in [2.24, 2.45) is 0 Å².